The molecule has 1 amide bonds. The van der Waals surface area contributed by atoms with Crippen LogP contribution in [0.5, 0.6) is 0 Å². The van der Waals surface area contributed by atoms with Gasteiger partial charge in [-0.15, -0.1) is 6.58 Å². The molecule has 0 aromatic heterocycles. The summed E-state index contributed by atoms with van der Waals surface area (Å²) in [4.78, 5) is 11.5. The topological polar surface area (TPSA) is 41.1 Å². The van der Waals surface area contributed by atoms with Crippen LogP contribution >= 0.6 is 0 Å². The predicted molar refractivity (Wildman–Crippen MR) is 53.5 cm³/mol. The van der Waals surface area contributed by atoms with Crippen molar-refractivity contribution < 1.29 is 4.79 Å². The van der Waals surface area contributed by atoms with E-state index in [1.807, 2.05) is 6.08 Å². The molecule has 3 nitrogen and oxygen atoms in total. The first-order valence-electron chi connectivity index (χ1n) is 4.96. The Morgan fingerprint density at radius 2 is 2.46 bits per heavy atom. The highest BCUT2D eigenvalue weighted by Crippen LogP contribution is 2.06. The molecule has 1 rings (SSSR count). The van der Waals surface area contributed by atoms with Crippen LogP contribution in [0.3, 0.4) is 0 Å². The van der Waals surface area contributed by atoms with E-state index in [0.717, 1.165) is 25.8 Å². The first-order chi connectivity index (χ1) is 6.34. The lowest BCUT2D eigenvalue weighted by Gasteiger charge is -2.22. The molecule has 0 radical (unpaired) electrons. The summed E-state index contributed by atoms with van der Waals surface area (Å²) in [7, 11) is 0. The van der Waals surface area contributed by atoms with Crippen LogP contribution in [0.1, 0.15) is 25.7 Å². The second kappa shape index (κ2) is 5.75. The van der Waals surface area contributed by atoms with Gasteiger partial charge in [0.15, 0.2) is 0 Å². The third kappa shape index (κ3) is 3.59. The molecule has 0 bridgehead atoms. The number of carbonyl (C=O) groups is 1. The molecule has 0 unspecified atom stereocenters. The zero-order valence-electron chi connectivity index (χ0n) is 8.01. The van der Waals surface area contributed by atoms with E-state index < -0.39 is 0 Å². The van der Waals surface area contributed by atoms with Crippen molar-refractivity contribution in [1.82, 2.24) is 10.6 Å². The Morgan fingerprint density at radius 1 is 1.62 bits per heavy atom. The van der Waals surface area contributed by atoms with Crippen molar-refractivity contribution in [2.45, 2.75) is 31.7 Å². The van der Waals surface area contributed by atoms with Gasteiger partial charge in [-0.25, -0.2) is 0 Å². The molecule has 0 spiro atoms. The van der Waals surface area contributed by atoms with Crippen LogP contribution in [-0.4, -0.2) is 25.0 Å². The highest BCUT2D eigenvalue weighted by molar-refractivity contribution is 5.81. The van der Waals surface area contributed by atoms with Gasteiger partial charge >= 0.3 is 0 Å². The normalized spacial score (nSPS) is 22.3. The lowest BCUT2D eigenvalue weighted by Crippen LogP contribution is -2.46. The van der Waals surface area contributed by atoms with Gasteiger partial charge < -0.3 is 10.6 Å². The predicted octanol–water partition coefficient (Wildman–Crippen LogP) is 0.821. The quantitative estimate of drug-likeness (QED) is 0.499. The van der Waals surface area contributed by atoms with Crippen molar-refractivity contribution in [3.8, 4) is 0 Å². The second-order valence-corrected chi connectivity index (χ2v) is 3.37. The Bertz CT molecular complexity index is 174. The SMILES string of the molecule is C=CCCNC(=O)[C@@H]1CCCCN1. The molecule has 74 valence electrons. The van der Waals surface area contributed by atoms with E-state index in [2.05, 4.69) is 17.2 Å². The summed E-state index contributed by atoms with van der Waals surface area (Å²) >= 11 is 0. The smallest absolute Gasteiger partial charge is 0.237 e. The third-order valence-electron chi connectivity index (χ3n) is 2.27. The average Bonchev–Trinajstić information content (AvgIpc) is 2.19. The summed E-state index contributed by atoms with van der Waals surface area (Å²) in [5.74, 6) is 0.140. The van der Waals surface area contributed by atoms with Crippen molar-refractivity contribution >= 4 is 5.91 Å². The zero-order chi connectivity index (χ0) is 9.52. The molecule has 1 fully saturated rings. The fourth-order valence-electron chi connectivity index (χ4n) is 1.50. The highest BCUT2D eigenvalue weighted by Gasteiger charge is 2.19. The molecule has 1 aliphatic rings. The summed E-state index contributed by atoms with van der Waals surface area (Å²) in [6.45, 7) is 5.28. The summed E-state index contributed by atoms with van der Waals surface area (Å²) in [6.07, 6.45) is 5.98. The summed E-state index contributed by atoms with van der Waals surface area (Å²) in [5.41, 5.74) is 0. The van der Waals surface area contributed by atoms with Gasteiger partial charge in [-0.2, -0.15) is 0 Å². The third-order valence-corrected chi connectivity index (χ3v) is 2.27. The van der Waals surface area contributed by atoms with E-state index in [9.17, 15) is 4.79 Å². The molecule has 0 saturated carbocycles. The number of rotatable bonds is 4. The summed E-state index contributed by atoms with van der Waals surface area (Å²) < 4.78 is 0. The van der Waals surface area contributed by atoms with E-state index in [1.165, 1.54) is 6.42 Å². The van der Waals surface area contributed by atoms with Crippen LogP contribution in [0.15, 0.2) is 12.7 Å². The lowest BCUT2D eigenvalue weighted by atomic mass is 10.0. The van der Waals surface area contributed by atoms with Gasteiger partial charge in [-0.05, 0) is 25.8 Å². The van der Waals surface area contributed by atoms with E-state index in [-0.39, 0.29) is 11.9 Å². The molecule has 13 heavy (non-hydrogen) atoms. The van der Waals surface area contributed by atoms with Gasteiger partial charge in [0.25, 0.3) is 0 Å². The Labute approximate surface area is 79.6 Å². The molecule has 2 N–H and O–H groups in total. The molecular weight excluding hydrogens is 164 g/mol. The lowest BCUT2D eigenvalue weighted by molar-refractivity contribution is -0.123. The van der Waals surface area contributed by atoms with Gasteiger partial charge in [0.2, 0.25) is 5.91 Å². The molecule has 0 aliphatic carbocycles. The minimum atomic E-state index is 0.0403. The maximum absolute atomic E-state index is 11.5. The number of hydrogen-bond donors (Lipinski definition) is 2. The minimum absolute atomic E-state index is 0.0403. The monoisotopic (exact) mass is 182 g/mol. The van der Waals surface area contributed by atoms with Crippen molar-refractivity contribution in [3.63, 3.8) is 0 Å². The molecule has 3 heteroatoms. The zero-order valence-corrected chi connectivity index (χ0v) is 8.01. The molecular formula is C10H18N2O. The van der Waals surface area contributed by atoms with Gasteiger partial charge in [0.1, 0.15) is 0 Å². The van der Waals surface area contributed by atoms with Crippen molar-refractivity contribution in [3.05, 3.63) is 12.7 Å². The first kappa shape index (κ1) is 10.3. The van der Waals surface area contributed by atoms with Gasteiger partial charge in [0.05, 0.1) is 6.04 Å². The van der Waals surface area contributed by atoms with Crippen LogP contribution in [0.4, 0.5) is 0 Å². The second-order valence-electron chi connectivity index (χ2n) is 3.37. The van der Waals surface area contributed by atoms with Crippen LogP contribution in [-0.2, 0) is 4.79 Å². The van der Waals surface area contributed by atoms with Gasteiger partial charge in [-0.3, -0.25) is 4.79 Å². The molecule has 1 heterocycles. The number of amides is 1. The Morgan fingerprint density at radius 3 is 3.08 bits per heavy atom. The minimum Gasteiger partial charge on any atom is -0.354 e. The molecule has 1 aliphatic heterocycles. The largest absolute Gasteiger partial charge is 0.354 e. The number of hydrogen-bond acceptors (Lipinski definition) is 2. The van der Waals surface area contributed by atoms with Crippen LogP contribution in [0, 0.1) is 0 Å². The summed E-state index contributed by atoms with van der Waals surface area (Å²) in [6, 6.07) is 0.0403. The molecule has 1 atom stereocenters. The van der Waals surface area contributed by atoms with Crippen LogP contribution < -0.4 is 10.6 Å². The Hall–Kier alpha value is -0.830. The fourth-order valence-corrected chi connectivity index (χ4v) is 1.50. The van der Waals surface area contributed by atoms with Crippen molar-refractivity contribution in [2.75, 3.05) is 13.1 Å². The van der Waals surface area contributed by atoms with E-state index in [1.54, 1.807) is 0 Å². The molecule has 0 aromatic rings. The van der Waals surface area contributed by atoms with E-state index >= 15 is 0 Å². The van der Waals surface area contributed by atoms with Gasteiger partial charge in [0, 0.05) is 6.54 Å². The van der Waals surface area contributed by atoms with E-state index in [0.29, 0.717) is 6.54 Å². The fraction of sp³-hybridized carbons (Fsp3) is 0.700. The first-order valence-corrected chi connectivity index (χ1v) is 4.96. The standard InChI is InChI=1S/C10H18N2O/c1-2-3-7-12-10(13)9-6-4-5-8-11-9/h2,9,11H,1,3-8H2,(H,12,13)/t9-/m0/s1. The average molecular weight is 182 g/mol. The number of carbonyl (C=O) groups excluding carboxylic acids is 1. The molecule has 1 saturated heterocycles. The van der Waals surface area contributed by atoms with Crippen molar-refractivity contribution in [2.24, 2.45) is 0 Å². The summed E-state index contributed by atoms with van der Waals surface area (Å²) in [5, 5.41) is 6.09. The van der Waals surface area contributed by atoms with Crippen LogP contribution in [0.25, 0.3) is 0 Å². The molecule has 0 aromatic carbocycles. The van der Waals surface area contributed by atoms with Crippen LogP contribution in [0.2, 0.25) is 0 Å². The number of nitrogens with one attached hydrogen (secondary N) is 2. The maximum Gasteiger partial charge on any atom is 0.237 e. The van der Waals surface area contributed by atoms with Gasteiger partial charge in [-0.1, -0.05) is 12.5 Å². The Balaban J connectivity index is 2.17. The number of piperidine rings is 1. The Kier molecular flexibility index (Phi) is 4.54. The maximum atomic E-state index is 11.5. The highest BCUT2D eigenvalue weighted by atomic mass is 16.2. The van der Waals surface area contributed by atoms with E-state index in [4.69, 9.17) is 0 Å². The van der Waals surface area contributed by atoms with Crippen molar-refractivity contribution in [1.29, 1.82) is 0 Å².